The lowest BCUT2D eigenvalue weighted by Gasteiger charge is -2.40. The largest absolute Gasteiger partial charge is 0.322 e. The minimum atomic E-state index is 0.0460. The molecule has 0 aromatic heterocycles. The number of benzene rings is 1. The van der Waals surface area contributed by atoms with Gasteiger partial charge in [0.25, 0.3) is 0 Å². The predicted octanol–water partition coefficient (Wildman–Crippen LogP) is 4.09. The van der Waals surface area contributed by atoms with Crippen LogP contribution in [-0.4, -0.2) is 48.1 Å². The number of hydrogen-bond donors (Lipinski definition) is 1. The van der Waals surface area contributed by atoms with Gasteiger partial charge in [0, 0.05) is 37.9 Å². The molecular weight excluding hydrogens is 298 g/mol. The van der Waals surface area contributed by atoms with Gasteiger partial charge in [-0.2, -0.15) is 0 Å². The number of nitrogens with zero attached hydrogens (tertiary/aromatic N) is 2. The summed E-state index contributed by atoms with van der Waals surface area (Å²) in [6.45, 7) is 9.97. The van der Waals surface area contributed by atoms with E-state index >= 15 is 0 Å². The summed E-state index contributed by atoms with van der Waals surface area (Å²) in [5.41, 5.74) is 4.56. The molecule has 0 radical (unpaired) electrons. The van der Waals surface area contributed by atoms with Crippen molar-refractivity contribution in [3.8, 4) is 0 Å². The first-order valence-electron chi connectivity index (χ1n) is 9.42. The molecule has 1 saturated carbocycles. The molecule has 1 aromatic carbocycles. The Labute approximate surface area is 146 Å². The summed E-state index contributed by atoms with van der Waals surface area (Å²) in [4.78, 5) is 17.2. The smallest absolute Gasteiger partial charge is 0.321 e. The number of anilines is 1. The highest BCUT2D eigenvalue weighted by Crippen LogP contribution is 2.24. The fourth-order valence-electron chi connectivity index (χ4n) is 4.03. The molecule has 0 unspecified atom stereocenters. The van der Waals surface area contributed by atoms with Crippen LogP contribution in [-0.2, 0) is 0 Å². The average molecular weight is 329 g/mol. The molecule has 4 heteroatoms. The van der Waals surface area contributed by atoms with E-state index in [-0.39, 0.29) is 6.03 Å². The number of nitrogens with one attached hydrogen (secondary N) is 1. The van der Waals surface area contributed by atoms with Gasteiger partial charge in [0.1, 0.15) is 0 Å². The molecule has 1 N–H and O–H groups in total. The highest BCUT2D eigenvalue weighted by Gasteiger charge is 2.27. The van der Waals surface area contributed by atoms with Crippen LogP contribution in [0.4, 0.5) is 10.5 Å². The molecule has 1 saturated heterocycles. The third kappa shape index (κ3) is 3.92. The van der Waals surface area contributed by atoms with Crippen molar-refractivity contribution in [3.05, 3.63) is 28.8 Å². The first-order chi connectivity index (χ1) is 11.5. The number of carbonyl (C=O) groups excluding carboxylic acids is 1. The average Bonchev–Trinajstić information content (AvgIpc) is 2.60. The lowest BCUT2D eigenvalue weighted by molar-refractivity contribution is 0.0943. The molecule has 0 bridgehead atoms. The van der Waals surface area contributed by atoms with Crippen LogP contribution in [0.3, 0.4) is 0 Å². The zero-order valence-corrected chi connectivity index (χ0v) is 15.4. The molecule has 132 valence electrons. The maximum absolute atomic E-state index is 12.6. The summed E-state index contributed by atoms with van der Waals surface area (Å²) < 4.78 is 0. The minimum Gasteiger partial charge on any atom is -0.322 e. The van der Waals surface area contributed by atoms with E-state index in [0.717, 1.165) is 43.5 Å². The van der Waals surface area contributed by atoms with Crippen molar-refractivity contribution >= 4 is 11.7 Å². The zero-order valence-electron chi connectivity index (χ0n) is 15.4. The summed E-state index contributed by atoms with van der Waals surface area (Å²) in [6.07, 6.45) is 6.82. The van der Waals surface area contributed by atoms with Crippen LogP contribution in [0.5, 0.6) is 0 Å². The third-order valence-corrected chi connectivity index (χ3v) is 5.77. The van der Waals surface area contributed by atoms with E-state index in [2.05, 4.69) is 43.1 Å². The predicted molar refractivity (Wildman–Crippen MR) is 99.7 cm³/mol. The number of carbonyl (C=O) groups is 1. The molecule has 1 aliphatic carbocycles. The van der Waals surface area contributed by atoms with Crippen molar-refractivity contribution in [2.24, 2.45) is 0 Å². The Morgan fingerprint density at radius 1 is 0.917 bits per heavy atom. The first-order valence-corrected chi connectivity index (χ1v) is 9.42. The number of hydrogen-bond acceptors (Lipinski definition) is 2. The quantitative estimate of drug-likeness (QED) is 0.887. The second-order valence-corrected chi connectivity index (χ2v) is 7.50. The van der Waals surface area contributed by atoms with Crippen molar-refractivity contribution in [2.45, 2.75) is 58.9 Å². The van der Waals surface area contributed by atoms with Gasteiger partial charge in [-0.15, -0.1) is 0 Å². The van der Waals surface area contributed by atoms with E-state index < -0.39 is 0 Å². The SMILES string of the molecule is Cc1cc(C)c(NC(=O)N2CCN(C3CCCCC3)CC2)cc1C. The van der Waals surface area contributed by atoms with Gasteiger partial charge < -0.3 is 10.2 Å². The number of urea groups is 1. The molecule has 2 aliphatic rings. The van der Waals surface area contributed by atoms with Crippen molar-refractivity contribution in [3.63, 3.8) is 0 Å². The number of rotatable bonds is 2. The molecule has 1 heterocycles. The lowest BCUT2D eigenvalue weighted by atomic mass is 9.94. The van der Waals surface area contributed by atoms with Crippen LogP contribution in [0, 0.1) is 20.8 Å². The van der Waals surface area contributed by atoms with Gasteiger partial charge in [0.05, 0.1) is 0 Å². The second-order valence-electron chi connectivity index (χ2n) is 7.50. The van der Waals surface area contributed by atoms with Gasteiger partial charge in [-0.25, -0.2) is 4.79 Å². The summed E-state index contributed by atoms with van der Waals surface area (Å²) in [5.74, 6) is 0. The number of aryl methyl sites for hydroxylation is 3. The van der Waals surface area contributed by atoms with Crippen LogP contribution in [0.25, 0.3) is 0 Å². The van der Waals surface area contributed by atoms with Gasteiger partial charge in [-0.1, -0.05) is 25.3 Å². The lowest BCUT2D eigenvalue weighted by Crippen LogP contribution is -2.53. The first kappa shape index (κ1) is 17.3. The van der Waals surface area contributed by atoms with Gasteiger partial charge >= 0.3 is 6.03 Å². The molecule has 2 amide bonds. The van der Waals surface area contributed by atoms with E-state index in [4.69, 9.17) is 0 Å². The molecule has 4 nitrogen and oxygen atoms in total. The Bertz CT molecular complexity index is 585. The van der Waals surface area contributed by atoms with Crippen LogP contribution >= 0.6 is 0 Å². The Kier molecular flexibility index (Phi) is 5.44. The molecular formula is C20H31N3O. The Morgan fingerprint density at radius 3 is 2.21 bits per heavy atom. The third-order valence-electron chi connectivity index (χ3n) is 5.77. The summed E-state index contributed by atoms with van der Waals surface area (Å²) in [5, 5.41) is 3.11. The van der Waals surface area contributed by atoms with E-state index in [9.17, 15) is 4.79 Å². The van der Waals surface area contributed by atoms with Crippen LogP contribution in [0.2, 0.25) is 0 Å². The summed E-state index contributed by atoms with van der Waals surface area (Å²) in [6, 6.07) is 5.03. The van der Waals surface area contributed by atoms with E-state index in [1.54, 1.807) is 0 Å². The maximum Gasteiger partial charge on any atom is 0.321 e. The fourth-order valence-corrected chi connectivity index (χ4v) is 4.03. The minimum absolute atomic E-state index is 0.0460. The summed E-state index contributed by atoms with van der Waals surface area (Å²) in [7, 11) is 0. The number of piperazine rings is 1. The van der Waals surface area contributed by atoms with Gasteiger partial charge in [0.2, 0.25) is 0 Å². The number of amides is 2. The molecule has 0 atom stereocenters. The Balaban J connectivity index is 1.54. The summed E-state index contributed by atoms with van der Waals surface area (Å²) >= 11 is 0. The fraction of sp³-hybridized carbons (Fsp3) is 0.650. The molecule has 1 aromatic rings. The monoisotopic (exact) mass is 329 g/mol. The zero-order chi connectivity index (χ0) is 17.1. The van der Waals surface area contributed by atoms with E-state index in [0.29, 0.717) is 0 Å². The molecule has 2 fully saturated rings. The normalized spacial score (nSPS) is 20.2. The van der Waals surface area contributed by atoms with Crippen LogP contribution in [0.1, 0.15) is 48.8 Å². The molecule has 1 aliphatic heterocycles. The molecule has 0 spiro atoms. The van der Waals surface area contributed by atoms with Gasteiger partial charge in [-0.05, 0) is 56.4 Å². The van der Waals surface area contributed by atoms with Crippen molar-refractivity contribution < 1.29 is 4.79 Å². The standard InChI is InChI=1S/C20H31N3O/c1-15-13-17(3)19(14-16(15)2)21-20(24)23-11-9-22(10-12-23)18-7-5-4-6-8-18/h13-14,18H,4-12H2,1-3H3,(H,21,24). The topological polar surface area (TPSA) is 35.6 Å². The van der Waals surface area contributed by atoms with Gasteiger partial charge in [0.15, 0.2) is 0 Å². The van der Waals surface area contributed by atoms with Crippen LogP contribution in [0.15, 0.2) is 12.1 Å². The highest BCUT2D eigenvalue weighted by molar-refractivity contribution is 5.90. The molecule has 3 rings (SSSR count). The molecule has 24 heavy (non-hydrogen) atoms. The second kappa shape index (κ2) is 7.56. The van der Waals surface area contributed by atoms with Crippen LogP contribution < -0.4 is 5.32 Å². The maximum atomic E-state index is 12.6. The highest BCUT2D eigenvalue weighted by atomic mass is 16.2. The van der Waals surface area contributed by atoms with E-state index in [1.165, 1.54) is 43.2 Å². The van der Waals surface area contributed by atoms with Crippen molar-refractivity contribution in [2.75, 3.05) is 31.5 Å². The van der Waals surface area contributed by atoms with E-state index in [1.807, 2.05) is 4.90 Å². The Hall–Kier alpha value is -1.55. The van der Waals surface area contributed by atoms with Crippen molar-refractivity contribution in [1.29, 1.82) is 0 Å². The van der Waals surface area contributed by atoms with Gasteiger partial charge in [-0.3, -0.25) is 4.90 Å². The Morgan fingerprint density at radius 2 is 1.54 bits per heavy atom. The van der Waals surface area contributed by atoms with Crippen molar-refractivity contribution in [1.82, 2.24) is 9.80 Å².